The Morgan fingerprint density at radius 1 is 1.14 bits per heavy atom. The van der Waals surface area contributed by atoms with Crippen LogP contribution in [0.1, 0.15) is 24.0 Å². The molecule has 154 valence electrons. The molecule has 0 unspecified atom stereocenters. The molecule has 8 heteroatoms. The van der Waals surface area contributed by atoms with Gasteiger partial charge in [0.25, 0.3) is 0 Å². The highest BCUT2D eigenvalue weighted by atomic mass is 32.2. The van der Waals surface area contributed by atoms with Crippen molar-refractivity contribution in [3.8, 4) is 0 Å². The average molecular weight is 415 g/mol. The van der Waals surface area contributed by atoms with Crippen molar-refractivity contribution in [1.82, 2.24) is 18.4 Å². The van der Waals surface area contributed by atoms with Gasteiger partial charge in [-0.2, -0.15) is 4.31 Å². The number of imidazole rings is 1. The molecule has 4 rings (SSSR count). The Kier molecular flexibility index (Phi) is 5.08. The molecule has 1 aromatic carbocycles. The third kappa shape index (κ3) is 3.51. The van der Waals surface area contributed by atoms with E-state index in [-0.39, 0.29) is 11.6 Å². The van der Waals surface area contributed by atoms with Gasteiger partial charge in [0.2, 0.25) is 10.0 Å². The summed E-state index contributed by atoms with van der Waals surface area (Å²) in [6.45, 7) is 5.29. The third-order valence-electron chi connectivity index (χ3n) is 5.86. The minimum Gasteiger partial charge on any atom is -0.293 e. The Balaban J connectivity index is 1.51. The molecule has 29 heavy (non-hydrogen) atoms. The van der Waals surface area contributed by atoms with Crippen LogP contribution in [0, 0.1) is 19.8 Å². The molecule has 0 amide bonds. The fourth-order valence-corrected chi connectivity index (χ4v) is 5.89. The number of fused-ring (bicyclic) bond motifs is 1. The summed E-state index contributed by atoms with van der Waals surface area (Å²) in [6.07, 6.45) is 3.14. The van der Waals surface area contributed by atoms with Crippen LogP contribution in [0.2, 0.25) is 0 Å². The number of hydrogen-bond donors (Lipinski definition) is 0. The van der Waals surface area contributed by atoms with Crippen LogP contribution >= 0.6 is 0 Å². The lowest BCUT2D eigenvalue weighted by Crippen LogP contribution is -2.40. The Morgan fingerprint density at radius 2 is 1.86 bits per heavy atom. The first-order valence-electron chi connectivity index (χ1n) is 9.86. The molecule has 1 aliphatic heterocycles. The maximum absolute atomic E-state index is 13.1. The van der Waals surface area contributed by atoms with Gasteiger partial charge in [-0.1, -0.05) is 17.7 Å². The molecular formula is C21H26N4O3S. The molecule has 7 nitrogen and oxygen atoms in total. The average Bonchev–Trinajstić information content (AvgIpc) is 2.93. The lowest BCUT2D eigenvalue weighted by Gasteiger charge is -2.31. The molecule has 0 saturated carbocycles. The maximum Gasteiger partial charge on any atom is 0.330 e. The summed E-state index contributed by atoms with van der Waals surface area (Å²) in [5.74, 6) is 0.242. The van der Waals surface area contributed by atoms with E-state index < -0.39 is 10.0 Å². The van der Waals surface area contributed by atoms with E-state index in [1.807, 2.05) is 38.1 Å². The second-order valence-electron chi connectivity index (χ2n) is 7.91. The van der Waals surface area contributed by atoms with E-state index in [1.165, 1.54) is 0 Å². The van der Waals surface area contributed by atoms with Crippen molar-refractivity contribution < 1.29 is 8.42 Å². The summed E-state index contributed by atoms with van der Waals surface area (Å²) in [4.78, 5) is 17.4. The van der Waals surface area contributed by atoms with Crippen LogP contribution in [0.4, 0.5) is 0 Å². The molecule has 0 bridgehead atoms. The van der Waals surface area contributed by atoms with Gasteiger partial charge in [-0.05, 0) is 56.4 Å². The van der Waals surface area contributed by atoms with Gasteiger partial charge in [-0.15, -0.1) is 0 Å². The van der Waals surface area contributed by atoms with Gasteiger partial charge in [0.1, 0.15) is 0 Å². The molecule has 0 N–H and O–H groups in total. The summed E-state index contributed by atoms with van der Waals surface area (Å²) >= 11 is 0. The van der Waals surface area contributed by atoms with E-state index in [4.69, 9.17) is 0 Å². The van der Waals surface area contributed by atoms with E-state index in [1.54, 1.807) is 32.8 Å². The summed E-state index contributed by atoms with van der Waals surface area (Å²) < 4.78 is 31.1. The highest BCUT2D eigenvalue weighted by Crippen LogP contribution is 2.27. The van der Waals surface area contributed by atoms with E-state index in [0.717, 1.165) is 29.5 Å². The van der Waals surface area contributed by atoms with E-state index >= 15 is 0 Å². The van der Waals surface area contributed by atoms with Crippen LogP contribution in [-0.2, 0) is 23.6 Å². The van der Waals surface area contributed by atoms with Crippen molar-refractivity contribution in [3.05, 3.63) is 58.1 Å². The molecule has 0 radical (unpaired) electrons. The van der Waals surface area contributed by atoms with Crippen molar-refractivity contribution in [2.45, 2.75) is 38.1 Å². The molecule has 0 aliphatic carbocycles. The Labute approximate surface area is 170 Å². The topological polar surface area (TPSA) is 77.2 Å². The normalized spacial score (nSPS) is 16.5. The first-order valence-corrected chi connectivity index (χ1v) is 11.3. The predicted octanol–water partition coefficient (Wildman–Crippen LogP) is 2.45. The number of aryl methyl sites for hydroxylation is 3. The zero-order valence-electron chi connectivity index (χ0n) is 17.0. The highest BCUT2D eigenvalue weighted by Gasteiger charge is 2.31. The zero-order valence-corrected chi connectivity index (χ0v) is 17.8. The maximum atomic E-state index is 13.1. The zero-order chi connectivity index (χ0) is 20.8. The van der Waals surface area contributed by atoms with Crippen LogP contribution in [-0.4, -0.2) is 39.9 Å². The Hall–Kier alpha value is -2.45. The fraction of sp³-hybridized carbons (Fsp3) is 0.429. The van der Waals surface area contributed by atoms with Crippen molar-refractivity contribution in [2.75, 3.05) is 13.1 Å². The number of sulfonamides is 1. The SMILES string of the molecule is Cc1ccc(S(=O)(=O)N2CCC(Cn3c(=O)n(C)c4cccnc43)CC2)c(C)c1. The smallest absolute Gasteiger partial charge is 0.293 e. The van der Waals surface area contributed by atoms with Crippen molar-refractivity contribution >= 4 is 21.2 Å². The highest BCUT2D eigenvalue weighted by molar-refractivity contribution is 7.89. The van der Waals surface area contributed by atoms with Gasteiger partial charge in [-0.3, -0.25) is 9.13 Å². The van der Waals surface area contributed by atoms with Gasteiger partial charge in [0.05, 0.1) is 10.4 Å². The number of rotatable bonds is 4. The lowest BCUT2D eigenvalue weighted by atomic mass is 9.98. The number of nitrogens with zero attached hydrogens (tertiary/aromatic N) is 4. The summed E-state index contributed by atoms with van der Waals surface area (Å²) in [5, 5.41) is 0. The summed E-state index contributed by atoms with van der Waals surface area (Å²) in [5.41, 5.74) is 3.25. The minimum atomic E-state index is -3.50. The number of aromatic nitrogens is 3. The van der Waals surface area contributed by atoms with Crippen LogP contribution < -0.4 is 5.69 Å². The van der Waals surface area contributed by atoms with Gasteiger partial charge in [-0.25, -0.2) is 18.2 Å². The largest absolute Gasteiger partial charge is 0.330 e. The molecular weight excluding hydrogens is 388 g/mol. The first kappa shape index (κ1) is 19.8. The molecule has 2 aromatic heterocycles. The van der Waals surface area contributed by atoms with Crippen LogP contribution in [0.25, 0.3) is 11.2 Å². The van der Waals surface area contributed by atoms with Crippen molar-refractivity contribution in [3.63, 3.8) is 0 Å². The quantitative estimate of drug-likeness (QED) is 0.657. The number of pyridine rings is 1. The molecule has 0 spiro atoms. The Morgan fingerprint density at radius 3 is 2.55 bits per heavy atom. The molecule has 3 heterocycles. The molecule has 1 aliphatic rings. The fourth-order valence-electron chi connectivity index (χ4n) is 4.22. The van der Waals surface area contributed by atoms with Gasteiger partial charge in [0.15, 0.2) is 5.65 Å². The van der Waals surface area contributed by atoms with Gasteiger partial charge >= 0.3 is 5.69 Å². The number of benzene rings is 1. The van der Waals surface area contributed by atoms with Crippen LogP contribution in [0.15, 0.2) is 46.2 Å². The second-order valence-corrected chi connectivity index (χ2v) is 9.82. The van der Waals surface area contributed by atoms with Gasteiger partial charge in [0, 0.05) is 32.9 Å². The summed E-state index contributed by atoms with van der Waals surface area (Å²) in [7, 11) is -1.74. The molecule has 0 atom stereocenters. The van der Waals surface area contributed by atoms with E-state index in [9.17, 15) is 13.2 Å². The summed E-state index contributed by atoms with van der Waals surface area (Å²) in [6, 6.07) is 9.15. The van der Waals surface area contributed by atoms with E-state index in [0.29, 0.717) is 30.2 Å². The van der Waals surface area contributed by atoms with Crippen LogP contribution in [0.5, 0.6) is 0 Å². The van der Waals surface area contributed by atoms with Crippen molar-refractivity contribution in [1.29, 1.82) is 0 Å². The molecule has 1 saturated heterocycles. The van der Waals surface area contributed by atoms with E-state index in [2.05, 4.69) is 4.98 Å². The molecule has 1 fully saturated rings. The Bertz CT molecular complexity index is 1220. The number of hydrogen-bond acceptors (Lipinski definition) is 4. The van der Waals surface area contributed by atoms with Crippen LogP contribution in [0.3, 0.4) is 0 Å². The lowest BCUT2D eigenvalue weighted by molar-refractivity contribution is 0.252. The molecule has 3 aromatic rings. The minimum absolute atomic E-state index is 0.0796. The number of piperidine rings is 1. The standard InChI is InChI=1S/C21H26N4O3S/c1-15-6-7-19(16(2)13-15)29(27,28)24-11-8-17(9-12-24)14-25-20-18(5-4-10-22-20)23(3)21(25)26/h4-7,10,13,17H,8-9,11-12,14H2,1-3H3. The monoisotopic (exact) mass is 414 g/mol. The van der Waals surface area contributed by atoms with Gasteiger partial charge < -0.3 is 0 Å². The first-order chi connectivity index (χ1) is 13.8. The van der Waals surface area contributed by atoms with Crippen molar-refractivity contribution in [2.24, 2.45) is 13.0 Å². The predicted molar refractivity (Wildman–Crippen MR) is 112 cm³/mol. The third-order valence-corrected chi connectivity index (χ3v) is 7.92. The second kappa shape index (κ2) is 7.42.